The predicted octanol–water partition coefficient (Wildman–Crippen LogP) is 4.70. The number of nitriles is 1. The predicted molar refractivity (Wildman–Crippen MR) is 97.3 cm³/mol. The molecule has 1 aliphatic carbocycles. The summed E-state index contributed by atoms with van der Waals surface area (Å²) < 4.78 is 2.18. The lowest BCUT2D eigenvalue weighted by atomic mass is 9.81. The Kier molecular flexibility index (Phi) is 4.08. The number of amidine groups is 1. The van der Waals surface area contributed by atoms with E-state index in [1.807, 2.05) is 12.1 Å². The highest BCUT2D eigenvalue weighted by atomic mass is 15.2. The SMILES string of the molecule is C[C@H](C(=N)Nc1nc2ccc(C#N)cc2n1C1CCC1)C(C)(C)C. The number of benzene rings is 1. The maximum atomic E-state index is 9.18. The van der Waals surface area contributed by atoms with E-state index < -0.39 is 0 Å². The minimum absolute atomic E-state index is 0.0192. The van der Waals surface area contributed by atoms with Crippen LogP contribution in [0.25, 0.3) is 11.0 Å². The average molecular weight is 323 g/mol. The zero-order chi connectivity index (χ0) is 17.5. The van der Waals surface area contributed by atoms with E-state index in [-0.39, 0.29) is 11.3 Å². The van der Waals surface area contributed by atoms with Crippen molar-refractivity contribution in [2.75, 3.05) is 5.32 Å². The average Bonchev–Trinajstić information content (AvgIpc) is 2.81. The third-order valence-electron chi connectivity index (χ3n) is 5.24. The second-order valence-electron chi connectivity index (χ2n) is 7.83. The van der Waals surface area contributed by atoms with Crippen LogP contribution in [-0.2, 0) is 0 Å². The van der Waals surface area contributed by atoms with E-state index >= 15 is 0 Å². The zero-order valence-corrected chi connectivity index (χ0v) is 14.8. The highest BCUT2D eigenvalue weighted by Gasteiger charge is 2.28. The van der Waals surface area contributed by atoms with Gasteiger partial charge in [0.05, 0.1) is 22.7 Å². The molecule has 2 N–H and O–H groups in total. The van der Waals surface area contributed by atoms with Gasteiger partial charge in [-0.1, -0.05) is 27.7 Å². The van der Waals surface area contributed by atoms with E-state index in [1.54, 1.807) is 6.07 Å². The molecule has 1 aliphatic rings. The van der Waals surface area contributed by atoms with E-state index in [9.17, 15) is 5.26 Å². The number of rotatable bonds is 3. The van der Waals surface area contributed by atoms with Gasteiger partial charge in [0.2, 0.25) is 5.95 Å². The van der Waals surface area contributed by atoms with Crippen LogP contribution in [0.3, 0.4) is 0 Å². The van der Waals surface area contributed by atoms with Crippen LogP contribution in [0.1, 0.15) is 58.6 Å². The van der Waals surface area contributed by atoms with Gasteiger partial charge in [-0.2, -0.15) is 5.26 Å². The fraction of sp³-hybridized carbons (Fsp3) is 0.526. The van der Waals surface area contributed by atoms with Crippen LogP contribution in [0, 0.1) is 28.1 Å². The largest absolute Gasteiger partial charge is 0.314 e. The minimum Gasteiger partial charge on any atom is -0.314 e. The molecule has 0 unspecified atom stereocenters. The maximum Gasteiger partial charge on any atom is 0.209 e. The lowest BCUT2D eigenvalue weighted by Crippen LogP contribution is -2.32. The zero-order valence-electron chi connectivity index (χ0n) is 14.8. The number of imidazole rings is 1. The number of hydrogen-bond donors (Lipinski definition) is 2. The Labute approximate surface area is 143 Å². The van der Waals surface area contributed by atoms with Crippen LogP contribution in [-0.4, -0.2) is 15.4 Å². The van der Waals surface area contributed by atoms with Crippen LogP contribution >= 0.6 is 0 Å². The van der Waals surface area contributed by atoms with Crippen LogP contribution in [0.4, 0.5) is 5.95 Å². The number of nitrogens with zero attached hydrogens (tertiary/aromatic N) is 3. The van der Waals surface area contributed by atoms with E-state index in [0.29, 0.717) is 17.4 Å². The smallest absolute Gasteiger partial charge is 0.209 e. The van der Waals surface area contributed by atoms with E-state index in [4.69, 9.17) is 10.4 Å². The second kappa shape index (κ2) is 5.94. The van der Waals surface area contributed by atoms with Gasteiger partial charge in [0.15, 0.2) is 0 Å². The molecule has 0 amide bonds. The van der Waals surface area contributed by atoms with Gasteiger partial charge in [-0.05, 0) is 42.9 Å². The standard InChI is InChI=1S/C19H25N5/c1-12(19(2,3)4)17(21)23-18-22-15-9-8-13(11-20)10-16(15)24(18)14-6-5-7-14/h8-10,12,14H,5-7H2,1-4H3,(H2,21,22,23)/t12-/m1/s1. The van der Waals surface area contributed by atoms with Crippen molar-refractivity contribution in [3.05, 3.63) is 23.8 Å². The van der Waals surface area contributed by atoms with Crippen LogP contribution < -0.4 is 5.32 Å². The molecule has 1 aromatic heterocycles. The molecule has 5 nitrogen and oxygen atoms in total. The maximum absolute atomic E-state index is 9.18. The molecule has 0 spiro atoms. The summed E-state index contributed by atoms with van der Waals surface area (Å²) in [5.74, 6) is 1.31. The molecule has 3 rings (SSSR count). The molecule has 1 saturated carbocycles. The fourth-order valence-corrected chi connectivity index (χ4v) is 2.93. The molecule has 126 valence electrons. The lowest BCUT2D eigenvalue weighted by Gasteiger charge is -2.31. The molecule has 1 aromatic carbocycles. The van der Waals surface area contributed by atoms with Gasteiger partial charge in [0.25, 0.3) is 0 Å². The molecular weight excluding hydrogens is 298 g/mol. The first-order valence-electron chi connectivity index (χ1n) is 8.59. The molecule has 0 bridgehead atoms. The quantitative estimate of drug-likeness (QED) is 0.634. The topological polar surface area (TPSA) is 77.5 Å². The van der Waals surface area contributed by atoms with E-state index in [1.165, 1.54) is 6.42 Å². The minimum atomic E-state index is 0.0192. The molecule has 0 aliphatic heterocycles. The summed E-state index contributed by atoms with van der Waals surface area (Å²) in [6, 6.07) is 8.21. The number of fused-ring (bicyclic) bond motifs is 1. The first-order valence-corrected chi connectivity index (χ1v) is 8.59. The Balaban J connectivity index is 2.01. The highest BCUT2D eigenvalue weighted by molar-refractivity contribution is 5.95. The molecule has 0 saturated heterocycles. The van der Waals surface area contributed by atoms with Crippen molar-refractivity contribution >= 4 is 22.8 Å². The third-order valence-corrected chi connectivity index (χ3v) is 5.24. The van der Waals surface area contributed by atoms with E-state index in [2.05, 4.69) is 43.6 Å². The van der Waals surface area contributed by atoms with E-state index in [0.717, 1.165) is 29.8 Å². The van der Waals surface area contributed by atoms with Gasteiger partial charge >= 0.3 is 0 Å². The van der Waals surface area contributed by atoms with Crippen molar-refractivity contribution < 1.29 is 0 Å². The van der Waals surface area contributed by atoms with Crippen molar-refractivity contribution in [2.45, 2.75) is 53.0 Å². The fourth-order valence-electron chi connectivity index (χ4n) is 2.93. The first kappa shape index (κ1) is 16.5. The van der Waals surface area contributed by atoms with Crippen molar-refractivity contribution in [3.8, 4) is 6.07 Å². The summed E-state index contributed by atoms with van der Waals surface area (Å²) in [4.78, 5) is 4.70. The number of hydrogen-bond acceptors (Lipinski definition) is 3. The van der Waals surface area contributed by atoms with Crippen LogP contribution in [0.2, 0.25) is 0 Å². The molecular formula is C19H25N5. The Morgan fingerprint density at radius 1 is 1.42 bits per heavy atom. The third kappa shape index (κ3) is 2.89. The molecule has 0 radical (unpaired) electrons. The van der Waals surface area contributed by atoms with Crippen molar-refractivity contribution in [3.63, 3.8) is 0 Å². The Hall–Kier alpha value is -2.35. The molecule has 1 heterocycles. The van der Waals surface area contributed by atoms with Gasteiger partial charge in [-0.3, -0.25) is 5.41 Å². The second-order valence-corrected chi connectivity index (χ2v) is 7.83. The summed E-state index contributed by atoms with van der Waals surface area (Å²) >= 11 is 0. The first-order chi connectivity index (χ1) is 11.3. The summed E-state index contributed by atoms with van der Waals surface area (Å²) in [6.07, 6.45) is 3.47. The van der Waals surface area contributed by atoms with Crippen LogP contribution in [0.5, 0.6) is 0 Å². The summed E-state index contributed by atoms with van der Waals surface area (Å²) in [7, 11) is 0. The number of anilines is 1. The molecule has 5 heteroatoms. The number of aromatic nitrogens is 2. The van der Waals surface area contributed by atoms with Crippen LogP contribution in [0.15, 0.2) is 18.2 Å². The normalized spacial score (nSPS) is 16.5. The Morgan fingerprint density at radius 2 is 2.12 bits per heavy atom. The van der Waals surface area contributed by atoms with Gasteiger partial charge in [0.1, 0.15) is 5.84 Å². The van der Waals surface area contributed by atoms with Gasteiger partial charge < -0.3 is 9.88 Å². The molecule has 1 fully saturated rings. The lowest BCUT2D eigenvalue weighted by molar-refractivity contribution is 0.322. The molecule has 1 atom stereocenters. The van der Waals surface area contributed by atoms with Crippen molar-refractivity contribution in [1.82, 2.24) is 9.55 Å². The van der Waals surface area contributed by atoms with Crippen molar-refractivity contribution in [1.29, 1.82) is 10.7 Å². The molecule has 24 heavy (non-hydrogen) atoms. The monoisotopic (exact) mass is 323 g/mol. The van der Waals surface area contributed by atoms with Gasteiger partial charge in [-0.25, -0.2) is 4.98 Å². The summed E-state index contributed by atoms with van der Waals surface area (Å²) in [6.45, 7) is 8.49. The van der Waals surface area contributed by atoms with Crippen molar-refractivity contribution in [2.24, 2.45) is 11.3 Å². The summed E-state index contributed by atoms with van der Waals surface area (Å²) in [5, 5.41) is 20.9. The Morgan fingerprint density at radius 3 is 2.67 bits per heavy atom. The van der Waals surface area contributed by atoms with Gasteiger partial charge in [0, 0.05) is 12.0 Å². The summed E-state index contributed by atoms with van der Waals surface area (Å²) in [5.41, 5.74) is 2.52. The highest BCUT2D eigenvalue weighted by Crippen LogP contribution is 2.37. The Bertz CT molecular complexity index is 815. The molecule has 2 aromatic rings. The number of nitrogens with one attached hydrogen (secondary N) is 2. The van der Waals surface area contributed by atoms with Gasteiger partial charge in [-0.15, -0.1) is 0 Å².